The van der Waals surface area contributed by atoms with Crippen LogP contribution in [-0.4, -0.2) is 61.2 Å². The van der Waals surface area contributed by atoms with E-state index >= 15 is 0 Å². The van der Waals surface area contributed by atoms with Gasteiger partial charge >= 0.3 is 0 Å². The number of rotatable bonds is 1. The zero-order valence-electron chi connectivity index (χ0n) is 11.1. The summed E-state index contributed by atoms with van der Waals surface area (Å²) in [6.45, 7) is 9.61. The maximum absolute atomic E-state index is 3.58. The lowest BCUT2D eigenvalue weighted by atomic mass is 10.0. The molecule has 2 saturated heterocycles. The van der Waals surface area contributed by atoms with Gasteiger partial charge in [-0.25, -0.2) is 0 Å². The molecule has 3 unspecified atom stereocenters. The first-order chi connectivity index (χ1) is 7.68. The molecule has 2 rings (SSSR count). The lowest BCUT2D eigenvalue weighted by molar-refractivity contribution is 0.0325. The van der Waals surface area contributed by atoms with Crippen LogP contribution in [0.25, 0.3) is 0 Å². The summed E-state index contributed by atoms with van der Waals surface area (Å²) in [7, 11) is 2.26. The minimum absolute atomic E-state index is 0.701. The molecule has 3 nitrogen and oxygen atoms in total. The number of hydrogen-bond acceptors (Lipinski definition) is 3. The predicted octanol–water partition coefficient (Wildman–Crippen LogP) is 1.15. The van der Waals surface area contributed by atoms with Gasteiger partial charge in [-0.3, -0.25) is 9.80 Å². The van der Waals surface area contributed by atoms with Gasteiger partial charge in [0.05, 0.1) is 0 Å². The van der Waals surface area contributed by atoms with Crippen LogP contribution in [0, 0.1) is 0 Å². The fourth-order valence-corrected chi connectivity index (χ4v) is 3.06. The molecule has 3 heteroatoms. The molecule has 0 aliphatic carbocycles. The quantitative estimate of drug-likeness (QED) is 0.722. The molecule has 2 aliphatic heterocycles. The van der Waals surface area contributed by atoms with Crippen molar-refractivity contribution >= 4 is 0 Å². The van der Waals surface area contributed by atoms with Crippen LogP contribution in [0.1, 0.15) is 33.1 Å². The first kappa shape index (κ1) is 12.3. The maximum Gasteiger partial charge on any atom is 0.0221 e. The molecule has 0 amide bonds. The van der Waals surface area contributed by atoms with Gasteiger partial charge in [-0.1, -0.05) is 6.42 Å². The van der Waals surface area contributed by atoms with Crippen molar-refractivity contribution < 1.29 is 0 Å². The van der Waals surface area contributed by atoms with Crippen LogP contribution in [0.3, 0.4) is 0 Å². The van der Waals surface area contributed by atoms with E-state index in [-0.39, 0.29) is 0 Å². The highest BCUT2D eigenvalue weighted by molar-refractivity contribution is 4.87. The Kier molecular flexibility index (Phi) is 4.22. The fourth-order valence-electron chi connectivity index (χ4n) is 3.06. The highest BCUT2D eigenvalue weighted by Gasteiger charge is 2.30. The molecule has 0 bridgehead atoms. The second kappa shape index (κ2) is 5.48. The van der Waals surface area contributed by atoms with E-state index < -0.39 is 0 Å². The van der Waals surface area contributed by atoms with E-state index in [9.17, 15) is 0 Å². The Morgan fingerprint density at radius 3 is 2.44 bits per heavy atom. The summed E-state index contributed by atoms with van der Waals surface area (Å²) in [5.74, 6) is 0. The Morgan fingerprint density at radius 1 is 1.06 bits per heavy atom. The molecule has 0 aromatic rings. The summed E-state index contributed by atoms with van der Waals surface area (Å²) in [6, 6.07) is 2.18. The van der Waals surface area contributed by atoms with Crippen LogP contribution < -0.4 is 5.32 Å². The Labute approximate surface area is 100 Å². The predicted molar refractivity (Wildman–Crippen MR) is 68.8 cm³/mol. The van der Waals surface area contributed by atoms with Crippen LogP contribution in [0.5, 0.6) is 0 Å². The molecule has 2 fully saturated rings. The van der Waals surface area contributed by atoms with Gasteiger partial charge in [0.15, 0.2) is 0 Å². The Balaban J connectivity index is 1.93. The van der Waals surface area contributed by atoms with Gasteiger partial charge in [-0.05, 0) is 40.3 Å². The Morgan fingerprint density at radius 2 is 1.75 bits per heavy atom. The van der Waals surface area contributed by atoms with E-state index in [1.165, 1.54) is 45.4 Å². The van der Waals surface area contributed by atoms with Crippen molar-refractivity contribution in [2.75, 3.05) is 33.2 Å². The molecule has 94 valence electrons. The van der Waals surface area contributed by atoms with Gasteiger partial charge < -0.3 is 5.32 Å². The van der Waals surface area contributed by atoms with Crippen molar-refractivity contribution in [1.82, 2.24) is 15.1 Å². The van der Waals surface area contributed by atoms with Gasteiger partial charge in [0, 0.05) is 37.8 Å². The van der Waals surface area contributed by atoms with Crippen LogP contribution in [0.4, 0.5) is 0 Å². The molecule has 16 heavy (non-hydrogen) atoms. The van der Waals surface area contributed by atoms with Crippen LogP contribution in [0.2, 0.25) is 0 Å². The summed E-state index contributed by atoms with van der Waals surface area (Å²) >= 11 is 0. The highest BCUT2D eigenvalue weighted by Crippen LogP contribution is 2.19. The summed E-state index contributed by atoms with van der Waals surface area (Å²) in [5.41, 5.74) is 0. The van der Waals surface area contributed by atoms with Crippen molar-refractivity contribution in [2.24, 2.45) is 0 Å². The van der Waals surface area contributed by atoms with Gasteiger partial charge in [-0.15, -0.1) is 0 Å². The van der Waals surface area contributed by atoms with Gasteiger partial charge in [0.1, 0.15) is 0 Å². The molecule has 2 heterocycles. The summed E-state index contributed by atoms with van der Waals surface area (Å²) in [4.78, 5) is 5.23. The lowest BCUT2D eigenvalue weighted by Crippen LogP contribution is -2.58. The van der Waals surface area contributed by atoms with E-state index in [0.29, 0.717) is 12.1 Å². The number of likely N-dealkylation sites (N-methyl/N-ethyl adjacent to an activating group) is 1. The average molecular weight is 225 g/mol. The third-order valence-electron chi connectivity index (χ3n) is 4.43. The average Bonchev–Trinajstić information content (AvgIpc) is 2.53. The molecule has 1 N–H and O–H groups in total. The van der Waals surface area contributed by atoms with Crippen molar-refractivity contribution in [1.29, 1.82) is 0 Å². The van der Waals surface area contributed by atoms with Crippen molar-refractivity contribution in [3.8, 4) is 0 Å². The molecule has 0 spiro atoms. The topological polar surface area (TPSA) is 18.5 Å². The zero-order valence-corrected chi connectivity index (χ0v) is 11.1. The Bertz CT molecular complexity index is 199. The van der Waals surface area contributed by atoms with Crippen molar-refractivity contribution in [2.45, 2.75) is 51.2 Å². The third-order valence-corrected chi connectivity index (χ3v) is 4.43. The second-order valence-electron chi connectivity index (χ2n) is 5.67. The fraction of sp³-hybridized carbons (Fsp3) is 1.00. The molecular formula is C13H27N3. The SMILES string of the molecule is CC1CN(C2CCCCNC2)CC(C)N1C. The van der Waals surface area contributed by atoms with E-state index in [4.69, 9.17) is 0 Å². The van der Waals surface area contributed by atoms with Crippen LogP contribution in [0.15, 0.2) is 0 Å². The van der Waals surface area contributed by atoms with Crippen LogP contribution >= 0.6 is 0 Å². The summed E-state index contributed by atoms with van der Waals surface area (Å²) in [6.07, 6.45) is 4.14. The number of hydrogen-bond donors (Lipinski definition) is 1. The third kappa shape index (κ3) is 2.76. The monoisotopic (exact) mass is 225 g/mol. The highest BCUT2D eigenvalue weighted by atomic mass is 15.3. The minimum atomic E-state index is 0.701. The van der Waals surface area contributed by atoms with E-state index in [2.05, 4.69) is 36.0 Å². The lowest BCUT2D eigenvalue weighted by Gasteiger charge is -2.45. The van der Waals surface area contributed by atoms with E-state index in [0.717, 1.165) is 6.04 Å². The molecular weight excluding hydrogens is 198 g/mol. The van der Waals surface area contributed by atoms with Gasteiger partial charge in [0.2, 0.25) is 0 Å². The van der Waals surface area contributed by atoms with Gasteiger partial charge in [0.25, 0.3) is 0 Å². The number of nitrogens with one attached hydrogen (secondary N) is 1. The normalized spacial score (nSPS) is 39.6. The number of nitrogens with zero attached hydrogens (tertiary/aromatic N) is 2. The molecule has 2 aliphatic rings. The van der Waals surface area contributed by atoms with E-state index in [1.54, 1.807) is 0 Å². The molecule has 0 aromatic heterocycles. The van der Waals surface area contributed by atoms with Crippen LogP contribution in [-0.2, 0) is 0 Å². The molecule has 0 aromatic carbocycles. The second-order valence-corrected chi connectivity index (χ2v) is 5.67. The first-order valence-electron chi connectivity index (χ1n) is 6.85. The zero-order chi connectivity index (χ0) is 11.5. The molecule has 3 atom stereocenters. The summed E-state index contributed by atoms with van der Waals surface area (Å²) in [5, 5.41) is 3.58. The molecule has 0 radical (unpaired) electrons. The minimum Gasteiger partial charge on any atom is -0.315 e. The maximum atomic E-state index is 3.58. The largest absolute Gasteiger partial charge is 0.315 e. The van der Waals surface area contributed by atoms with Crippen molar-refractivity contribution in [3.05, 3.63) is 0 Å². The Hall–Kier alpha value is -0.120. The number of piperazine rings is 1. The first-order valence-corrected chi connectivity index (χ1v) is 6.85. The van der Waals surface area contributed by atoms with Gasteiger partial charge in [-0.2, -0.15) is 0 Å². The standard InChI is InChI=1S/C13H27N3/c1-11-9-16(10-12(2)15(11)3)13-6-4-5-7-14-8-13/h11-14H,4-10H2,1-3H3. The van der Waals surface area contributed by atoms with E-state index in [1.807, 2.05) is 0 Å². The van der Waals surface area contributed by atoms with Crippen molar-refractivity contribution in [3.63, 3.8) is 0 Å². The molecule has 0 saturated carbocycles. The summed E-state index contributed by atoms with van der Waals surface area (Å²) < 4.78 is 0. The smallest absolute Gasteiger partial charge is 0.0221 e.